The van der Waals surface area contributed by atoms with Gasteiger partial charge in [0.25, 0.3) is 0 Å². The normalized spacial score (nSPS) is 11.9. The van der Waals surface area contributed by atoms with Crippen molar-refractivity contribution in [2.24, 2.45) is 4.99 Å². The topological polar surface area (TPSA) is 71.7 Å². The van der Waals surface area contributed by atoms with E-state index in [0.717, 1.165) is 0 Å². The fourth-order valence-electron chi connectivity index (χ4n) is 2.12. The van der Waals surface area contributed by atoms with Crippen molar-refractivity contribution in [3.05, 3.63) is 82.2 Å². The van der Waals surface area contributed by atoms with Crippen molar-refractivity contribution in [3.8, 4) is 0 Å². The Bertz CT molecular complexity index is 1030. The van der Waals surface area contributed by atoms with E-state index in [1.807, 2.05) is 6.07 Å². The highest BCUT2D eigenvalue weighted by Gasteiger charge is 2.14. The van der Waals surface area contributed by atoms with E-state index in [-0.39, 0.29) is 11.4 Å². The summed E-state index contributed by atoms with van der Waals surface area (Å²) in [5.74, 6) is 0.973. The van der Waals surface area contributed by atoms with E-state index in [9.17, 15) is 8.42 Å². The first kappa shape index (κ1) is 18.7. The molecule has 8 heteroatoms. The molecule has 0 spiro atoms. The van der Waals surface area contributed by atoms with Crippen LogP contribution in [0.25, 0.3) is 0 Å². The number of halogens is 2. The molecular weight excluding hydrogens is 395 g/mol. The minimum Gasteiger partial charge on any atom is -0.459 e. The number of sulfonamides is 1. The maximum absolute atomic E-state index is 12.2. The summed E-state index contributed by atoms with van der Waals surface area (Å²) in [6, 6.07) is 16.4. The van der Waals surface area contributed by atoms with E-state index in [1.54, 1.807) is 36.5 Å². The largest absolute Gasteiger partial charge is 0.459 e. The lowest BCUT2D eigenvalue weighted by Crippen LogP contribution is -2.22. The number of furan rings is 1. The average molecular weight is 409 g/mol. The molecular formula is C18H14Cl2N2O3S. The van der Waals surface area contributed by atoms with E-state index in [0.29, 0.717) is 27.3 Å². The molecule has 0 aliphatic rings. The zero-order valence-corrected chi connectivity index (χ0v) is 15.7. The van der Waals surface area contributed by atoms with Crippen LogP contribution in [0.2, 0.25) is 10.0 Å². The molecule has 26 heavy (non-hydrogen) atoms. The summed E-state index contributed by atoms with van der Waals surface area (Å²) in [7, 11) is -3.64. The van der Waals surface area contributed by atoms with E-state index in [4.69, 9.17) is 27.6 Å². The number of hydrogen-bond acceptors (Lipinski definition) is 4. The van der Waals surface area contributed by atoms with Gasteiger partial charge in [-0.2, -0.15) is 0 Å². The van der Waals surface area contributed by atoms with Crippen molar-refractivity contribution in [1.29, 1.82) is 0 Å². The third-order valence-corrected chi connectivity index (χ3v) is 5.30. The van der Waals surface area contributed by atoms with Crippen LogP contribution in [0.1, 0.15) is 11.5 Å². The Morgan fingerprint density at radius 2 is 1.77 bits per heavy atom. The molecule has 1 N–H and O–H groups in total. The minimum absolute atomic E-state index is 0.0238. The van der Waals surface area contributed by atoms with Gasteiger partial charge in [-0.05, 0) is 54.6 Å². The van der Waals surface area contributed by atoms with Gasteiger partial charge in [-0.15, -0.1) is 0 Å². The van der Waals surface area contributed by atoms with Gasteiger partial charge in [0.1, 0.15) is 11.5 Å². The number of hydrogen-bond donors (Lipinski definition) is 1. The number of nitrogens with one attached hydrogen (secondary N) is 1. The van der Waals surface area contributed by atoms with Gasteiger partial charge in [0.15, 0.2) is 0 Å². The molecule has 0 aliphatic carbocycles. The number of benzene rings is 2. The fourth-order valence-corrected chi connectivity index (χ4v) is 3.42. The molecule has 0 unspecified atom stereocenters. The molecule has 0 amide bonds. The molecule has 0 fully saturated rings. The smallest absolute Gasteiger partial charge is 0.240 e. The molecule has 0 saturated carbocycles. The Morgan fingerprint density at radius 1 is 1.00 bits per heavy atom. The molecule has 1 heterocycles. The van der Waals surface area contributed by atoms with Crippen LogP contribution >= 0.6 is 23.2 Å². The van der Waals surface area contributed by atoms with Crippen LogP contribution in [0.3, 0.4) is 0 Å². The van der Waals surface area contributed by atoms with E-state index < -0.39 is 10.0 Å². The van der Waals surface area contributed by atoms with E-state index >= 15 is 0 Å². The summed E-state index contributed by atoms with van der Waals surface area (Å²) in [5.41, 5.74) is 0.693. The van der Waals surface area contributed by atoms with Gasteiger partial charge >= 0.3 is 0 Å². The van der Waals surface area contributed by atoms with Crippen molar-refractivity contribution in [2.45, 2.75) is 11.4 Å². The summed E-state index contributed by atoms with van der Waals surface area (Å²) in [6.07, 6.45) is 1.54. The lowest BCUT2D eigenvalue weighted by molar-refractivity contribution is 0.494. The fraction of sp³-hybridized carbons (Fsp3) is 0.0556. The third kappa shape index (κ3) is 4.95. The lowest BCUT2D eigenvalue weighted by Gasteiger charge is -2.05. The van der Waals surface area contributed by atoms with Crippen molar-refractivity contribution < 1.29 is 12.8 Å². The van der Waals surface area contributed by atoms with Crippen molar-refractivity contribution in [3.63, 3.8) is 0 Å². The molecule has 0 aliphatic heterocycles. The Morgan fingerprint density at radius 3 is 2.50 bits per heavy atom. The molecule has 2 aromatic carbocycles. The van der Waals surface area contributed by atoms with Crippen molar-refractivity contribution in [2.75, 3.05) is 0 Å². The average Bonchev–Trinajstić information content (AvgIpc) is 3.07. The highest BCUT2D eigenvalue weighted by Crippen LogP contribution is 2.18. The molecule has 0 radical (unpaired) electrons. The van der Waals surface area contributed by atoms with Gasteiger partial charge in [-0.3, -0.25) is 4.99 Å². The first-order chi connectivity index (χ1) is 12.4. The van der Waals surface area contributed by atoms with Gasteiger partial charge in [0.05, 0.1) is 23.3 Å². The monoisotopic (exact) mass is 408 g/mol. The van der Waals surface area contributed by atoms with Crippen LogP contribution in [-0.2, 0) is 16.6 Å². The molecule has 0 bridgehead atoms. The first-order valence-corrected chi connectivity index (χ1v) is 9.80. The summed E-state index contributed by atoms with van der Waals surface area (Å²) >= 11 is 11.7. The Labute approximate surface area is 161 Å². The van der Waals surface area contributed by atoms with Crippen LogP contribution in [0.5, 0.6) is 0 Å². The van der Waals surface area contributed by atoms with Crippen LogP contribution < -0.4 is 4.72 Å². The van der Waals surface area contributed by atoms with Crippen LogP contribution in [0, 0.1) is 0 Å². The van der Waals surface area contributed by atoms with Gasteiger partial charge < -0.3 is 4.42 Å². The van der Waals surface area contributed by atoms with Crippen LogP contribution in [0.15, 0.2) is 75.0 Å². The highest BCUT2D eigenvalue weighted by molar-refractivity contribution is 7.89. The van der Waals surface area contributed by atoms with Gasteiger partial charge in [0, 0.05) is 10.0 Å². The van der Waals surface area contributed by atoms with Crippen molar-refractivity contribution >= 4 is 45.1 Å². The minimum atomic E-state index is -3.64. The Balaban J connectivity index is 1.64. The predicted molar refractivity (Wildman–Crippen MR) is 103 cm³/mol. The van der Waals surface area contributed by atoms with Crippen molar-refractivity contribution in [1.82, 2.24) is 4.72 Å². The quantitative estimate of drug-likeness (QED) is 0.594. The highest BCUT2D eigenvalue weighted by atomic mass is 35.5. The standard InChI is InChI=1S/C18H14Cl2N2O3S/c19-13-4-8-18(9-5-13)26(23,24)22-12-17-7-6-16(25-17)11-21-15-3-1-2-14(20)10-15/h1-11,22H,12H2. The van der Waals surface area contributed by atoms with Crippen LogP contribution in [0.4, 0.5) is 5.69 Å². The number of aliphatic imine (C=N–C) groups is 1. The summed E-state index contributed by atoms with van der Waals surface area (Å²) < 4.78 is 32.5. The van der Waals surface area contributed by atoms with E-state index in [1.165, 1.54) is 24.3 Å². The van der Waals surface area contributed by atoms with E-state index in [2.05, 4.69) is 9.71 Å². The Hall–Kier alpha value is -2.12. The van der Waals surface area contributed by atoms with Crippen LogP contribution in [-0.4, -0.2) is 14.6 Å². The zero-order valence-electron chi connectivity index (χ0n) is 13.4. The molecule has 3 rings (SSSR count). The predicted octanol–water partition coefficient (Wildman–Crippen LogP) is 4.82. The second-order valence-electron chi connectivity index (χ2n) is 5.32. The molecule has 1 aromatic heterocycles. The number of rotatable bonds is 6. The first-order valence-electron chi connectivity index (χ1n) is 7.56. The second kappa shape index (κ2) is 8.05. The maximum atomic E-state index is 12.2. The maximum Gasteiger partial charge on any atom is 0.240 e. The molecule has 5 nitrogen and oxygen atoms in total. The Kier molecular flexibility index (Phi) is 5.78. The van der Waals surface area contributed by atoms with Gasteiger partial charge in [-0.1, -0.05) is 29.3 Å². The number of nitrogens with zero attached hydrogens (tertiary/aromatic N) is 1. The molecule has 3 aromatic rings. The summed E-state index contributed by atoms with van der Waals surface area (Å²) in [6.45, 7) is 0.0238. The molecule has 134 valence electrons. The summed E-state index contributed by atoms with van der Waals surface area (Å²) in [4.78, 5) is 4.40. The molecule has 0 saturated heterocycles. The SMILES string of the molecule is O=S(=O)(NCc1ccc(C=Nc2cccc(Cl)c2)o1)c1ccc(Cl)cc1. The lowest BCUT2D eigenvalue weighted by atomic mass is 10.3. The third-order valence-electron chi connectivity index (χ3n) is 3.39. The van der Waals surface area contributed by atoms with Gasteiger partial charge in [-0.25, -0.2) is 13.1 Å². The molecule has 0 atom stereocenters. The summed E-state index contributed by atoms with van der Waals surface area (Å²) in [5, 5.41) is 1.06. The second-order valence-corrected chi connectivity index (χ2v) is 7.96. The zero-order chi connectivity index (χ0) is 18.6. The van der Waals surface area contributed by atoms with Gasteiger partial charge in [0.2, 0.25) is 10.0 Å².